The SMILES string of the molecule is Cc1cccc(C)c1CNc1ncc(Cc2cc(C(F)(F)F)ccc2Cl)s1. The quantitative estimate of drug-likeness (QED) is 0.510. The van der Waals surface area contributed by atoms with Crippen LogP contribution in [-0.2, 0) is 19.1 Å². The second-order valence-electron chi connectivity index (χ2n) is 6.34. The van der Waals surface area contributed by atoms with Gasteiger partial charge in [0.15, 0.2) is 5.13 Å². The summed E-state index contributed by atoms with van der Waals surface area (Å²) in [5.41, 5.74) is 3.37. The van der Waals surface area contributed by atoms with Crippen molar-refractivity contribution < 1.29 is 13.2 Å². The Kier molecular flexibility index (Phi) is 5.77. The van der Waals surface area contributed by atoms with Crippen LogP contribution >= 0.6 is 22.9 Å². The van der Waals surface area contributed by atoms with Gasteiger partial charge in [-0.3, -0.25) is 0 Å². The Morgan fingerprint density at radius 3 is 2.48 bits per heavy atom. The fraction of sp³-hybridized carbons (Fsp3) is 0.250. The van der Waals surface area contributed by atoms with E-state index in [1.807, 2.05) is 6.07 Å². The molecular formula is C20H18ClF3N2S. The number of nitrogens with zero attached hydrogens (tertiary/aromatic N) is 1. The molecule has 0 radical (unpaired) electrons. The first-order chi connectivity index (χ1) is 12.7. The van der Waals surface area contributed by atoms with Gasteiger partial charge in [0.25, 0.3) is 0 Å². The summed E-state index contributed by atoms with van der Waals surface area (Å²) in [6.45, 7) is 4.77. The molecule has 0 amide bonds. The number of hydrogen-bond acceptors (Lipinski definition) is 3. The van der Waals surface area contributed by atoms with Gasteiger partial charge in [0, 0.05) is 29.1 Å². The van der Waals surface area contributed by atoms with E-state index in [0.717, 1.165) is 22.1 Å². The lowest BCUT2D eigenvalue weighted by Gasteiger charge is -2.10. The van der Waals surface area contributed by atoms with Gasteiger partial charge in [0.05, 0.1) is 5.56 Å². The Bertz CT molecular complexity index is 930. The number of anilines is 1. The van der Waals surface area contributed by atoms with Crippen LogP contribution in [0.3, 0.4) is 0 Å². The average Bonchev–Trinajstić information content (AvgIpc) is 3.03. The molecule has 3 rings (SSSR count). The molecule has 1 heterocycles. The van der Waals surface area contributed by atoms with Crippen LogP contribution in [0.4, 0.5) is 18.3 Å². The summed E-state index contributed by atoms with van der Waals surface area (Å²) in [6, 6.07) is 9.54. The van der Waals surface area contributed by atoms with Gasteiger partial charge in [-0.1, -0.05) is 29.8 Å². The minimum atomic E-state index is -4.38. The summed E-state index contributed by atoms with van der Waals surface area (Å²) >= 11 is 7.50. The fourth-order valence-electron chi connectivity index (χ4n) is 2.84. The molecule has 0 bridgehead atoms. The summed E-state index contributed by atoms with van der Waals surface area (Å²) < 4.78 is 38.7. The molecule has 0 spiro atoms. The van der Waals surface area contributed by atoms with Crippen LogP contribution in [0.15, 0.2) is 42.6 Å². The Morgan fingerprint density at radius 2 is 1.81 bits per heavy atom. The molecule has 1 N–H and O–H groups in total. The van der Waals surface area contributed by atoms with Gasteiger partial charge in [-0.2, -0.15) is 13.2 Å². The molecule has 0 unspecified atom stereocenters. The molecule has 0 aliphatic carbocycles. The van der Waals surface area contributed by atoms with Crippen molar-refractivity contribution in [3.05, 3.63) is 80.3 Å². The number of hydrogen-bond donors (Lipinski definition) is 1. The van der Waals surface area contributed by atoms with Crippen LogP contribution in [0.5, 0.6) is 0 Å². The average molecular weight is 411 g/mol. The third-order valence-corrected chi connectivity index (χ3v) is 5.68. The molecule has 0 aliphatic rings. The minimum absolute atomic E-state index is 0.311. The molecule has 2 aromatic carbocycles. The highest BCUT2D eigenvalue weighted by molar-refractivity contribution is 7.15. The zero-order valence-electron chi connectivity index (χ0n) is 14.8. The van der Waals surface area contributed by atoms with Gasteiger partial charge in [-0.15, -0.1) is 11.3 Å². The van der Waals surface area contributed by atoms with Crippen molar-refractivity contribution in [3.63, 3.8) is 0 Å². The standard InChI is InChI=1S/C20H18ClF3N2S/c1-12-4-3-5-13(2)17(12)11-26-19-25-10-16(27-19)9-14-8-15(20(22,23)24)6-7-18(14)21/h3-8,10H,9,11H2,1-2H3,(H,25,26). The smallest absolute Gasteiger partial charge is 0.357 e. The van der Waals surface area contributed by atoms with Crippen LogP contribution in [0.25, 0.3) is 0 Å². The van der Waals surface area contributed by atoms with Crippen LogP contribution in [0.1, 0.15) is 32.7 Å². The Hall–Kier alpha value is -2.05. The van der Waals surface area contributed by atoms with Crippen molar-refractivity contribution >= 4 is 28.1 Å². The van der Waals surface area contributed by atoms with E-state index in [1.54, 1.807) is 6.20 Å². The van der Waals surface area contributed by atoms with E-state index < -0.39 is 11.7 Å². The Morgan fingerprint density at radius 1 is 1.11 bits per heavy atom. The highest BCUT2D eigenvalue weighted by Crippen LogP contribution is 2.33. The predicted octanol–water partition coefficient (Wildman–Crippen LogP) is 6.64. The van der Waals surface area contributed by atoms with E-state index in [-0.39, 0.29) is 0 Å². The van der Waals surface area contributed by atoms with Gasteiger partial charge in [0.1, 0.15) is 0 Å². The number of halogens is 4. The molecule has 142 valence electrons. The highest BCUT2D eigenvalue weighted by atomic mass is 35.5. The van der Waals surface area contributed by atoms with Crippen molar-refractivity contribution in [1.82, 2.24) is 4.98 Å². The van der Waals surface area contributed by atoms with Gasteiger partial charge in [0.2, 0.25) is 0 Å². The van der Waals surface area contributed by atoms with Gasteiger partial charge >= 0.3 is 6.18 Å². The molecule has 0 saturated carbocycles. The van der Waals surface area contributed by atoms with Crippen molar-refractivity contribution in [3.8, 4) is 0 Å². The maximum absolute atomic E-state index is 12.9. The molecule has 3 aromatic rings. The molecule has 0 aliphatic heterocycles. The van der Waals surface area contributed by atoms with E-state index in [2.05, 4.69) is 36.3 Å². The van der Waals surface area contributed by atoms with E-state index >= 15 is 0 Å². The maximum atomic E-state index is 12.9. The highest BCUT2D eigenvalue weighted by Gasteiger charge is 2.30. The molecule has 0 fully saturated rings. The molecule has 0 atom stereocenters. The minimum Gasteiger partial charge on any atom is -0.357 e. The second-order valence-corrected chi connectivity index (χ2v) is 7.86. The molecule has 0 saturated heterocycles. The van der Waals surface area contributed by atoms with E-state index in [4.69, 9.17) is 11.6 Å². The van der Waals surface area contributed by atoms with Crippen molar-refractivity contribution in [2.24, 2.45) is 0 Å². The second kappa shape index (κ2) is 7.90. The lowest BCUT2D eigenvalue weighted by molar-refractivity contribution is -0.137. The maximum Gasteiger partial charge on any atom is 0.416 e. The fourth-order valence-corrected chi connectivity index (χ4v) is 3.85. The van der Waals surface area contributed by atoms with Gasteiger partial charge in [-0.05, 0) is 54.3 Å². The zero-order valence-corrected chi connectivity index (χ0v) is 16.4. The number of aryl methyl sites for hydroxylation is 2. The third-order valence-electron chi connectivity index (χ3n) is 4.35. The third kappa shape index (κ3) is 4.82. The number of benzene rings is 2. The molecule has 7 heteroatoms. The van der Waals surface area contributed by atoms with Crippen LogP contribution in [0, 0.1) is 13.8 Å². The summed E-state index contributed by atoms with van der Waals surface area (Å²) in [7, 11) is 0. The normalized spacial score (nSPS) is 11.6. The van der Waals surface area contributed by atoms with E-state index in [9.17, 15) is 13.2 Å². The first-order valence-electron chi connectivity index (χ1n) is 8.33. The first-order valence-corrected chi connectivity index (χ1v) is 9.53. The van der Waals surface area contributed by atoms with E-state index in [0.29, 0.717) is 23.6 Å². The van der Waals surface area contributed by atoms with Crippen LogP contribution < -0.4 is 5.32 Å². The molecule has 1 aromatic heterocycles. The number of nitrogens with one attached hydrogen (secondary N) is 1. The summed E-state index contributed by atoms with van der Waals surface area (Å²) in [4.78, 5) is 5.18. The summed E-state index contributed by atoms with van der Waals surface area (Å²) in [5, 5.41) is 4.35. The molecular weight excluding hydrogens is 393 g/mol. The number of thiazole rings is 1. The molecule has 27 heavy (non-hydrogen) atoms. The monoisotopic (exact) mass is 410 g/mol. The van der Waals surface area contributed by atoms with Gasteiger partial charge < -0.3 is 5.32 Å². The topological polar surface area (TPSA) is 24.9 Å². The summed E-state index contributed by atoms with van der Waals surface area (Å²) in [5.74, 6) is 0. The van der Waals surface area contributed by atoms with E-state index in [1.165, 1.54) is 34.1 Å². The Labute approximate surface area is 165 Å². The number of alkyl halides is 3. The zero-order chi connectivity index (χ0) is 19.6. The number of aromatic nitrogens is 1. The largest absolute Gasteiger partial charge is 0.416 e. The molecule has 2 nitrogen and oxygen atoms in total. The predicted molar refractivity (Wildman–Crippen MR) is 105 cm³/mol. The lowest BCUT2D eigenvalue weighted by Crippen LogP contribution is -2.05. The van der Waals surface area contributed by atoms with Crippen molar-refractivity contribution in [1.29, 1.82) is 0 Å². The number of rotatable bonds is 5. The first kappa shape index (κ1) is 19.7. The lowest BCUT2D eigenvalue weighted by atomic mass is 10.0. The van der Waals surface area contributed by atoms with Crippen LogP contribution in [0.2, 0.25) is 5.02 Å². The van der Waals surface area contributed by atoms with Crippen LogP contribution in [-0.4, -0.2) is 4.98 Å². The van der Waals surface area contributed by atoms with Crippen molar-refractivity contribution in [2.75, 3.05) is 5.32 Å². The van der Waals surface area contributed by atoms with Gasteiger partial charge in [-0.25, -0.2) is 4.98 Å². The van der Waals surface area contributed by atoms with Crippen molar-refractivity contribution in [2.45, 2.75) is 33.0 Å². The Balaban J connectivity index is 1.72. The summed E-state index contributed by atoms with van der Waals surface area (Å²) in [6.07, 6.45) is -2.40.